The van der Waals surface area contributed by atoms with E-state index in [1.165, 1.54) is 0 Å². The molecule has 5 nitrogen and oxygen atoms in total. The molecule has 0 spiro atoms. The molecule has 2 heterocycles. The first-order valence-corrected chi connectivity index (χ1v) is 7.20. The van der Waals surface area contributed by atoms with Gasteiger partial charge in [0.2, 0.25) is 5.95 Å². The van der Waals surface area contributed by atoms with Crippen LogP contribution >= 0.6 is 0 Å². The van der Waals surface area contributed by atoms with Gasteiger partial charge < -0.3 is 19.4 Å². The minimum absolute atomic E-state index is 0.0396. The number of hydrogen-bond donors (Lipinski definition) is 1. The van der Waals surface area contributed by atoms with Gasteiger partial charge in [0.15, 0.2) is 0 Å². The molecule has 1 unspecified atom stereocenters. The number of nitrogens with one attached hydrogen (secondary N) is 1. The number of aryl methyl sites for hydroxylation is 1. The van der Waals surface area contributed by atoms with Crippen LogP contribution in [0.4, 0.5) is 5.95 Å². The molecule has 0 aliphatic carbocycles. The van der Waals surface area contributed by atoms with Gasteiger partial charge in [0, 0.05) is 45.3 Å². The second-order valence-electron chi connectivity index (χ2n) is 5.25. The van der Waals surface area contributed by atoms with E-state index >= 15 is 0 Å². The fourth-order valence-electron chi connectivity index (χ4n) is 2.38. The van der Waals surface area contributed by atoms with Crippen LogP contribution in [0.5, 0.6) is 0 Å². The maximum atomic E-state index is 5.77. The van der Waals surface area contributed by atoms with E-state index in [4.69, 9.17) is 9.47 Å². The molecular formula is C14H25N3O2. The first kappa shape index (κ1) is 14.3. The van der Waals surface area contributed by atoms with Gasteiger partial charge in [-0.1, -0.05) is 0 Å². The lowest BCUT2D eigenvalue weighted by molar-refractivity contribution is 0.0313. The molecule has 1 fully saturated rings. The zero-order valence-corrected chi connectivity index (χ0v) is 12.0. The molecule has 0 radical (unpaired) electrons. The van der Waals surface area contributed by atoms with Gasteiger partial charge in [-0.2, -0.15) is 0 Å². The smallest absolute Gasteiger partial charge is 0.202 e. The van der Waals surface area contributed by atoms with Crippen LogP contribution in [-0.2, 0) is 16.0 Å². The highest BCUT2D eigenvalue weighted by Gasteiger charge is 2.29. The number of hydrogen-bond acceptors (Lipinski definition) is 4. The third-order valence-electron chi connectivity index (χ3n) is 3.53. The lowest BCUT2D eigenvalue weighted by atomic mass is 10.0. The molecule has 1 N–H and O–H groups in total. The van der Waals surface area contributed by atoms with Crippen molar-refractivity contribution >= 4 is 5.95 Å². The van der Waals surface area contributed by atoms with E-state index in [2.05, 4.69) is 21.8 Å². The summed E-state index contributed by atoms with van der Waals surface area (Å²) in [5.74, 6) is 0.924. The van der Waals surface area contributed by atoms with Crippen molar-refractivity contribution in [3.05, 3.63) is 12.4 Å². The summed E-state index contributed by atoms with van der Waals surface area (Å²) >= 11 is 0. The molecule has 1 aliphatic rings. The SMILES string of the molecule is CCOCCCn1ccnc1NCC1(C)CCCO1. The summed E-state index contributed by atoms with van der Waals surface area (Å²) in [6.45, 7) is 8.39. The highest BCUT2D eigenvalue weighted by molar-refractivity contribution is 5.26. The van der Waals surface area contributed by atoms with Crippen LogP contribution in [0, 0.1) is 0 Å². The van der Waals surface area contributed by atoms with E-state index in [9.17, 15) is 0 Å². The molecular weight excluding hydrogens is 242 g/mol. The van der Waals surface area contributed by atoms with E-state index in [0.29, 0.717) is 0 Å². The number of aromatic nitrogens is 2. The molecule has 108 valence electrons. The predicted octanol–water partition coefficient (Wildman–Crippen LogP) is 2.29. The maximum Gasteiger partial charge on any atom is 0.202 e. The summed E-state index contributed by atoms with van der Waals surface area (Å²) in [5, 5.41) is 3.40. The Kier molecular flexibility index (Phi) is 5.22. The zero-order chi connectivity index (χ0) is 13.6. The van der Waals surface area contributed by atoms with Gasteiger partial charge >= 0.3 is 0 Å². The molecule has 0 bridgehead atoms. The Morgan fingerprint density at radius 2 is 2.47 bits per heavy atom. The van der Waals surface area contributed by atoms with Gasteiger partial charge in [-0.25, -0.2) is 4.98 Å². The van der Waals surface area contributed by atoms with Gasteiger partial charge in [0.1, 0.15) is 0 Å². The van der Waals surface area contributed by atoms with Crippen molar-refractivity contribution in [2.24, 2.45) is 0 Å². The van der Waals surface area contributed by atoms with Crippen LogP contribution in [0.15, 0.2) is 12.4 Å². The van der Waals surface area contributed by atoms with Crippen molar-refractivity contribution in [3.8, 4) is 0 Å². The standard InChI is InChI=1S/C14H25N3O2/c1-3-18-10-5-8-17-9-7-15-13(17)16-12-14(2)6-4-11-19-14/h7,9H,3-6,8,10-12H2,1-2H3,(H,15,16). The Hall–Kier alpha value is -1.07. The molecule has 0 aromatic carbocycles. The van der Waals surface area contributed by atoms with Crippen LogP contribution < -0.4 is 5.32 Å². The summed E-state index contributed by atoms with van der Waals surface area (Å²) in [6.07, 6.45) is 7.12. The topological polar surface area (TPSA) is 48.3 Å². The molecule has 1 aliphatic heterocycles. The summed E-state index contributed by atoms with van der Waals surface area (Å²) in [6, 6.07) is 0. The van der Waals surface area contributed by atoms with Crippen molar-refractivity contribution in [3.63, 3.8) is 0 Å². The van der Waals surface area contributed by atoms with Crippen molar-refractivity contribution in [1.82, 2.24) is 9.55 Å². The molecule has 0 saturated carbocycles. The largest absolute Gasteiger partial charge is 0.382 e. The van der Waals surface area contributed by atoms with Crippen LogP contribution in [0.1, 0.15) is 33.1 Å². The fraction of sp³-hybridized carbons (Fsp3) is 0.786. The fourth-order valence-corrected chi connectivity index (χ4v) is 2.38. The van der Waals surface area contributed by atoms with Gasteiger partial charge in [-0.3, -0.25) is 0 Å². The monoisotopic (exact) mass is 267 g/mol. The summed E-state index contributed by atoms with van der Waals surface area (Å²) in [4.78, 5) is 4.36. The number of anilines is 1. The second kappa shape index (κ2) is 6.91. The average molecular weight is 267 g/mol. The Bertz CT molecular complexity index is 373. The second-order valence-corrected chi connectivity index (χ2v) is 5.25. The van der Waals surface area contributed by atoms with E-state index in [1.54, 1.807) is 0 Å². The van der Waals surface area contributed by atoms with Crippen LogP contribution in [0.2, 0.25) is 0 Å². The van der Waals surface area contributed by atoms with E-state index in [-0.39, 0.29) is 5.60 Å². The molecule has 1 aromatic rings. The number of nitrogens with zero attached hydrogens (tertiary/aromatic N) is 2. The molecule has 19 heavy (non-hydrogen) atoms. The number of ether oxygens (including phenoxy) is 2. The van der Waals surface area contributed by atoms with E-state index < -0.39 is 0 Å². The molecule has 0 amide bonds. The lowest BCUT2D eigenvalue weighted by Crippen LogP contribution is -2.33. The summed E-state index contributed by atoms with van der Waals surface area (Å²) < 4.78 is 13.3. The van der Waals surface area contributed by atoms with Gasteiger partial charge in [-0.05, 0) is 33.1 Å². The van der Waals surface area contributed by atoms with Gasteiger partial charge in [0.05, 0.1) is 5.60 Å². The molecule has 2 rings (SSSR count). The van der Waals surface area contributed by atoms with E-state index in [1.807, 2.05) is 19.3 Å². The minimum atomic E-state index is -0.0396. The Morgan fingerprint density at radius 1 is 1.58 bits per heavy atom. The number of imidazole rings is 1. The maximum absolute atomic E-state index is 5.77. The van der Waals surface area contributed by atoms with Crippen molar-refractivity contribution < 1.29 is 9.47 Å². The van der Waals surface area contributed by atoms with Crippen LogP contribution in [0.25, 0.3) is 0 Å². The molecule has 1 saturated heterocycles. The normalized spacial score (nSPS) is 22.8. The van der Waals surface area contributed by atoms with E-state index in [0.717, 1.165) is 58.1 Å². The first-order chi connectivity index (χ1) is 9.23. The predicted molar refractivity (Wildman–Crippen MR) is 75.4 cm³/mol. The Morgan fingerprint density at radius 3 is 3.21 bits per heavy atom. The van der Waals surface area contributed by atoms with Crippen molar-refractivity contribution in [1.29, 1.82) is 0 Å². The zero-order valence-electron chi connectivity index (χ0n) is 12.0. The molecule has 5 heteroatoms. The average Bonchev–Trinajstić information content (AvgIpc) is 3.02. The van der Waals surface area contributed by atoms with Crippen molar-refractivity contribution in [2.75, 3.05) is 31.7 Å². The van der Waals surface area contributed by atoms with Gasteiger partial charge in [-0.15, -0.1) is 0 Å². The summed E-state index contributed by atoms with van der Waals surface area (Å²) in [5.41, 5.74) is -0.0396. The third kappa shape index (κ3) is 4.21. The van der Waals surface area contributed by atoms with Crippen LogP contribution in [0.3, 0.4) is 0 Å². The number of rotatable bonds is 8. The van der Waals surface area contributed by atoms with Crippen molar-refractivity contribution in [2.45, 2.75) is 45.3 Å². The molecule has 1 aromatic heterocycles. The summed E-state index contributed by atoms with van der Waals surface area (Å²) in [7, 11) is 0. The van der Waals surface area contributed by atoms with Crippen LogP contribution in [-0.4, -0.2) is 41.5 Å². The minimum Gasteiger partial charge on any atom is -0.382 e. The quantitative estimate of drug-likeness (QED) is 0.734. The van der Waals surface area contributed by atoms with Gasteiger partial charge in [0.25, 0.3) is 0 Å². The highest BCUT2D eigenvalue weighted by Crippen LogP contribution is 2.25. The third-order valence-corrected chi connectivity index (χ3v) is 3.53. The Labute approximate surface area is 115 Å². The lowest BCUT2D eigenvalue weighted by Gasteiger charge is -2.23. The molecule has 1 atom stereocenters. The highest BCUT2D eigenvalue weighted by atomic mass is 16.5. The Balaban J connectivity index is 1.78. The first-order valence-electron chi connectivity index (χ1n) is 7.20.